The number of nitrogens with zero attached hydrogens (tertiary/aromatic N) is 3. The first-order valence-corrected chi connectivity index (χ1v) is 13.4. The predicted molar refractivity (Wildman–Crippen MR) is 146 cm³/mol. The van der Waals surface area contributed by atoms with Crippen molar-refractivity contribution in [1.29, 1.82) is 0 Å². The molecule has 0 amide bonds. The summed E-state index contributed by atoms with van der Waals surface area (Å²) in [5.41, 5.74) is 0.856. The van der Waals surface area contributed by atoms with E-state index in [0.29, 0.717) is 29.0 Å². The van der Waals surface area contributed by atoms with E-state index in [1.165, 1.54) is 5.56 Å². The first-order chi connectivity index (χ1) is 17.9. The average molecular weight is 549 g/mol. The Hall–Kier alpha value is -2.45. The van der Waals surface area contributed by atoms with Gasteiger partial charge in [-0.25, -0.2) is 4.98 Å². The van der Waals surface area contributed by atoms with Gasteiger partial charge in [-0.1, -0.05) is 36.2 Å². The zero-order valence-corrected chi connectivity index (χ0v) is 23.2. The number of rotatable bonds is 12. The van der Waals surface area contributed by atoms with Crippen LogP contribution in [-0.4, -0.2) is 60.6 Å². The Morgan fingerprint density at radius 1 is 0.973 bits per heavy atom. The Morgan fingerprint density at radius 3 is 2.49 bits per heavy atom. The normalized spacial score (nSPS) is 15.5. The second-order valence-electron chi connectivity index (χ2n) is 9.25. The predicted octanol–water partition coefficient (Wildman–Crippen LogP) is 5.90. The van der Waals surface area contributed by atoms with Crippen molar-refractivity contribution in [2.45, 2.75) is 44.9 Å². The molecule has 0 radical (unpaired) electrons. The molecule has 3 aromatic rings. The number of methoxy groups -OCH3 is 2. The molecule has 0 saturated carbocycles. The first-order valence-electron chi connectivity index (χ1n) is 12.6. The van der Waals surface area contributed by atoms with E-state index >= 15 is 0 Å². The molecular weight excluding hydrogens is 513 g/mol. The monoisotopic (exact) mass is 547 g/mol. The lowest BCUT2D eigenvalue weighted by atomic mass is 9.91. The largest absolute Gasteiger partial charge is 0.493 e. The number of aromatic nitrogens is 2. The molecule has 2 heterocycles. The maximum Gasteiger partial charge on any atom is 0.161 e. The van der Waals surface area contributed by atoms with Gasteiger partial charge >= 0.3 is 0 Å². The SMILES string of the molecule is CCc1nccn1CCOc1ccc(CN2CCC(COc3ccc(Cl)c(Cl)c3)(OC)CC2)cc1OC. The lowest BCUT2D eigenvalue weighted by molar-refractivity contribution is -0.0839. The van der Waals surface area contributed by atoms with Crippen molar-refractivity contribution < 1.29 is 18.9 Å². The van der Waals surface area contributed by atoms with Crippen LogP contribution in [0.2, 0.25) is 10.0 Å². The third-order valence-corrected chi connectivity index (χ3v) is 7.67. The fourth-order valence-corrected chi connectivity index (χ4v) is 4.90. The van der Waals surface area contributed by atoms with Crippen molar-refractivity contribution in [1.82, 2.24) is 14.5 Å². The van der Waals surface area contributed by atoms with Crippen LogP contribution in [0.4, 0.5) is 0 Å². The number of hydrogen-bond acceptors (Lipinski definition) is 6. The second kappa shape index (κ2) is 12.9. The van der Waals surface area contributed by atoms with E-state index in [4.69, 9.17) is 42.1 Å². The molecule has 0 spiro atoms. The standard InChI is InChI=1S/C28H35Cl2N3O4/c1-4-27-31-11-14-33(27)15-16-36-25-8-5-21(17-26(25)34-2)19-32-12-9-28(35-3,10-13-32)20-37-22-6-7-23(29)24(30)18-22/h5-8,11,14,17-18H,4,9-10,12-13,15-16,19-20H2,1-3H3. The van der Waals surface area contributed by atoms with Gasteiger partial charge in [0.05, 0.1) is 23.7 Å². The lowest BCUT2D eigenvalue weighted by Crippen LogP contribution is -2.48. The minimum Gasteiger partial charge on any atom is -0.493 e. The van der Waals surface area contributed by atoms with Crippen molar-refractivity contribution in [2.75, 3.05) is 40.5 Å². The summed E-state index contributed by atoms with van der Waals surface area (Å²) in [6, 6.07) is 11.5. The Kier molecular flexibility index (Phi) is 9.60. The quantitative estimate of drug-likeness (QED) is 0.281. The van der Waals surface area contributed by atoms with Crippen LogP contribution in [0, 0.1) is 0 Å². The summed E-state index contributed by atoms with van der Waals surface area (Å²) in [6.07, 6.45) is 6.46. The third-order valence-electron chi connectivity index (χ3n) is 6.94. The van der Waals surface area contributed by atoms with Crippen molar-refractivity contribution in [3.63, 3.8) is 0 Å². The summed E-state index contributed by atoms with van der Waals surface area (Å²) < 4.78 is 25.7. The second-order valence-corrected chi connectivity index (χ2v) is 10.1. The molecular formula is C28H35Cl2N3O4. The number of hydrogen-bond donors (Lipinski definition) is 0. The van der Waals surface area contributed by atoms with Gasteiger partial charge in [-0.3, -0.25) is 4.90 Å². The summed E-state index contributed by atoms with van der Waals surface area (Å²) in [7, 11) is 3.44. The first kappa shape index (κ1) is 27.6. The highest BCUT2D eigenvalue weighted by molar-refractivity contribution is 6.42. The highest BCUT2D eigenvalue weighted by Gasteiger charge is 2.35. The molecule has 9 heteroatoms. The molecule has 1 aromatic heterocycles. The summed E-state index contributed by atoms with van der Waals surface area (Å²) >= 11 is 12.1. The molecule has 0 unspecified atom stereocenters. The van der Waals surface area contributed by atoms with Crippen molar-refractivity contribution in [3.8, 4) is 17.2 Å². The minimum atomic E-state index is -0.328. The van der Waals surface area contributed by atoms with Gasteiger partial charge in [-0.2, -0.15) is 0 Å². The van der Waals surface area contributed by atoms with Gasteiger partial charge in [0, 0.05) is 51.6 Å². The number of halogens is 2. The van der Waals surface area contributed by atoms with Crippen LogP contribution < -0.4 is 14.2 Å². The van der Waals surface area contributed by atoms with Crippen LogP contribution in [0.15, 0.2) is 48.8 Å². The molecule has 1 aliphatic heterocycles. The smallest absolute Gasteiger partial charge is 0.161 e. The van der Waals surface area contributed by atoms with Crippen molar-refractivity contribution >= 4 is 23.2 Å². The van der Waals surface area contributed by atoms with Gasteiger partial charge in [0.2, 0.25) is 0 Å². The van der Waals surface area contributed by atoms with Crippen LogP contribution in [-0.2, 0) is 24.2 Å². The van der Waals surface area contributed by atoms with Gasteiger partial charge in [0.25, 0.3) is 0 Å². The van der Waals surface area contributed by atoms with Crippen LogP contribution in [0.1, 0.15) is 31.2 Å². The number of imidazole rings is 1. The lowest BCUT2D eigenvalue weighted by Gasteiger charge is -2.40. The summed E-state index contributed by atoms with van der Waals surface area (Å²) in [4.78, 5) is 6.79. The minimum absolute atomic E-state index is 0.328. The van der Waals surface area contributed by atoms with E-state index in [9.17, 15) is 0 Å². The van der Waals surface area contributed by atoms with E-state index in [1.54, 1.807) is 26.4 Å². The van der Waals surface area contributed by atoms with E-state index in [-0.39, 0.29) is 5.60 Å². The summed E-state index contributed by atoms with van der Waals surface area (Å²) in [6.45, 7) is 6.51. The molecule has 2 aromatic carbocycles. The number of aryl methyl sites for hydroxylation is 1. The zero-order chi connectivity index (χ0) is 26.3. The van der Waals surface area contributed by atoms with Crippen molar-refractivity contribution in [3.05, 3.63) is 70.2 Å². The van der Waals surface area contributed by atoms with Gasteiger partial charge in [0.15, 0.2) is 11.5 Å². The molecule has 1 aliphatic rings. The number of ether oxygens (including phenoxy) is 4. The van der Waals surface area contributed by atoms with Gasteiger partial charge in [-0.15, -0.1) is 0 Å². The van der Waals surface area contributed by atoms with Gasteiger partial charge in [0.1, 0.15) is 30.4 Å². The Bertz CT molecular complexity index is 1160. The fraction of sp³-hybridized carbons (Fsp3) is 0.464. The zero-order valence-electron chi connectivity index (χ0n) is 21.7. The van der Waals surface area contributed by atoms with Crippen LogP contribution in [0.25, 0.3) is 0 Å². The van der Waals surface area contributed by atoms with Crippen LogP contribution in [0.5, 0.6) is 17.2 Å². The summed E-state index contributed by atoms with van der Waals surface area (Å²) in [5.74, 6) is 3.25. The molecule has 0 atom stereocenters. The van der Waals surface area contributed by atoms with Gasteiger partial charge in [-0.05, 0) is 42.7 Å². The molecule has 1 fully saturated rings. The number of benzene rings is 2. The molecule has 1 saturated heterocycles. The highest BCUT2D eigenvalue weighted by Crippen LogP contribution is 2.32. The number of piperidine rings is 1. The summed E-state index contributed by atoms with van der Waals surface area (Å²) in [5, 5.41) is 0.996. The average Bonchev–Trinajstić information content (AvgIpc) is 3.38. The Balaban J connectivity index is 1.28. The molecule has 0 bridgehead atoms. The Morgan fingerprint density at radius 2 is 1.78 bits per heavy atom. The van der Waals surface area contributed by atoms with Crippen LogP contribution >= 0.6 is 23.2 Å². The Labute approximate surface area is 229 Å². The molecule has 4 rings (SSSR count). The molecule has 200 valence electrons. The molecule has 0 N–H and O–H groups in total. The van der Waals surface area contributed by atoms with E-state index in [2.05, 4.69) is 33.5 Å². The molecule has 0 aliphatic carbocycles. The van der Waals surface area contributed by atoms with Gasteiger partial charge < -0.3 is 23.5 Å². The number of likely N-dealkylation sites (tertiary alicyclic amines) is 1. The van der Waals surface area contributed by atoms with Crippen LogP contribution in [0.3, 0.4) is 0 Å². The van der Waals surface area contributed by atoms with Crippen molar-refractivity contribution in [2.24, 2.45) is 0 Å². The molecule has 7 nitrogen and oxygen atoms in total. The van der Waals surface area contributed by atoms with E-state index < -0.39 is 0 Å². The fourth-order valence-electron chi connectivity index (χ4n) is 4.61. The topological polar surface area (TPSA) is 58.0 Å². The van der Waals surface area contributed by atoms with E-state index in [0.717, 1.165) is 62.8 Å². The maximum absolute atomic E-state index is 6.12. The van der Waals surface area contributed by atoms with E-state index in [1.807, 2.05) is 24.5 Å². The molecule has 37 heavy (non-hydrogen) atoms. The third kappa shape index (κ3) is 7.11. The maximum atomic E-state index is 6.12. The highest BCUT2D eigenvalue weighted by atomic mass is 35.5.